The van der Waals surface area contributed by atoms with Crippen molar-refractivity contribution in [2.24, 2.45) is 0 Å². The highest BCUT2D eigenvalue weighted by Crippen LogP contribution is 2.32. The Morgan fingerprint density at radius 3 is 2.56 bits per heavy atom. The van der Waals surface area contributed by atoms with Crippen LogP contribution >= 0.6 is 0 Å². The molecule has 0 spiro atoms. The molecule has 1 amide bonds. The summed E-state index contributed by atoms with van der Waals surface area (Å²) in [6.45, 7) is -0.407. The van der Waals surface area contributed by atoms with Gasteiger partial charge < -0.3 is 19.5 Å². The maximum Gasteiger partial charge on any atom is 0.338 e. The van der Waals surface area contributed by atoms with Gasteiger partial charge in [0.05, 0.1) is 10.5 Å². The fourth-order valence-corrected chi connectivity index (χ4v) is 2.10. The Bertz CT molecular complexity index is 833. The minimum Gasteiger partial charge on any atom is -0.454 e. The highest BCUT2D eigenvalue weighted by atomic mass is 16.7. The fraction of sp³-hybridized carbons (Fsp3) is 0.125. The third kappa shape index (κ3) is 3.83. The topological polar surface area (TPSA) is 117 Å². The van der Waals surface area contributed by atoms with Crippen LogP contribution in [0.25, 0.3) is 0 Å². The summed E-state index contributed by atoms with van der Waals surface area (Å²) in [5, 5.41) is 13.0. The molecule has 0 atom stereocenters. The number of nitrogens with one attached hydrogen (secondary N) is 1. The van der Waals surface area contributed by atoms with Crippen molar-refractivity contribution in [3.63, 3.8) is 0 Å². The van der Waals surface area contributed by atoms with Crippen LogP contribution in [0.15, 0.2) is 42.5 Å². The average molecular weight is 344 g/mol. The maximum absolute atomic E-state index is 11.9. The molecule has 1 heterocycles. The number of esters is 1. The van der Waals surface area contributed by atoms with Gasteiger partial charge in [0.25, 0.3) is 11.6 Å². The van der Waals surface area contributed by atoms with Crippen LogP contribution in [0.3, 0.4) is 0 Å². The van der Waals surface area contributed by atoms with Crippen LogP contribution in [0.5, 0.6) is 11.5 Å². The highest BCUT2D eigenvalue weighted by molar-refractivity contribution is 5.95. The number of hydrogen-bond acceptors (Lipinski definition) is 7. The Morgan fingerprint density at radius 2 is 1.84 bits per heavy atom. The van der Waals surface area contributed by atoms with Gasteiger partial charge in [-0.15, -0.1) is 0 Å². The fourth-order valence-electron chi connectivity index (χ4n) is 2.10. The number of benzene rings is 2. The monoisotopic (exact) mass is 344 g/mol. The number of carbonyl (C=O) groups excluding carboxylic acids is 2. The van der Waals surface area contributed by atoms with E-state index in [1.54, 1.807) is 6.07 Å². The highest BCUT2D eigenvalue weighted by Gasteiger charge is 2.17. The minimum atomic E-state index is -0.683. The van der Waals surface area contributed by atoms with Crippen LogP contribution < -0.4 is 14.8 Å². The first-order valence-electron chi connectivity index (χ1n) is 7.14. The summed E-state index contributed by atoms with van der Waals surface area (Å²) in [5.41, 5.74) is 0.495. The van der Waals surface area contributed by atoms with E-state index in [9.17, 15) is 19.7 Å². The number of amides is 1. The number of hydrogen-bond donors (Lipinski definition) is 1. The summed E-state index contributed by atoms with van der Waals surface area (Å²) in [6.07, 6.45) is 0. The number of nitrogens with zero attached hydrogens (tertiary/aromatic N) is 1. The summed E-state index contributed by atoms with van der Waals surface area (Å²) in [4.78, 5) is 33.8. The molecule has 0 fully saturated rings. The van der Waals surface area contributed by atoms with Crippen molar-refractivity contribution >= 4 is 23.3 Å². The van der Waals surface area contributed by atoms with Gasteiger partial charge in [-0.2, -0.15) is 0 Å². The van der Waals surface area contributed by atoms with Gasteiger partial charge in [0.2, 0.25) is 6.79 Å². The summed E-state index contributed by atoms with van der Waals surface area (Å²) < 4.78 is 15.2. The molecule has 0 aromatic heterocycles. The normalized spacial score (nSPS) is 11.7. The number of fused-ring (bicyclic) bond motifs is 1. The lowest BCUT2D eigenvalue weighted by atomic mass is 10.2. The van der Waals surface area contributed by atoms with E-state index >= 15 is 0 Å². The van der Waals surface area contributed by atoms with Gasteiger partial charge in [0.15, 0.2) is 18.1 Å². The standard InChI is InChI=1S/C16H12N2O7/c19-15(17-11-2-4-12(5-3-11)18(21)22)8-23-16(20)10-1-6-13-14(7-10)25-9-24-13/h1-7H,8-9H2,(H,17,19). The molecule has 0 radical (unpaired) electrons. The second-order valence-electron chi connectivity index (χ2n) is 5.00. The Balaban J connectivity index is 1.53. The predicted octanol–water partition coefficient (Wildman–Crippen LogP) is 2.12. The van der Waals surface area contributed by atoms with Gasteiger partial charge in [-0.1, -0.05) is 0 Å². The molecular formula is C16H12N2O7. The van der Waals surface area contributed by atoms with Gasteiger partial charge in [0, 0.05) is 17.8 Å². The van der Waals surface area contributed by atoms with Gasteiger partial charge in [-0.05, 0) is 30.3 Å². The van der Waals surface area contributed by atoms with E-state index in [4.69, 9.17) is 14.2 Å². The van der Waals surface area contributed by atoms with Crippen LogP contribution in [0.4, 0.5) is 11.4 Å². The first-order chi connectivity index (χ1) is 12.0. The lowest BCUT2D eigenvalue weighted by Gasteiger charge is -2.07. The number of rotatable bonds is 5. The lowest BCUT2D eigenvalue weighted by molar-refractivity contribution is -0.384. The van der Waals surface area contributed by atoms with Gasteiger partial charge >= 0.3 is 5.97 Å². The molecule has 1 aliphatic rings. The molecule has 2 aromatic carbocycles. The van der Waals surface area contributed by atoms with E-state index in [-0.39, 0.29) is 18.0 Å². The molecule has 25 heavy (non-hydrogen) atoms. The van der Waals surface area contributed by atoms with Crippen molar-refractivity contribution < 1.29 is 28.7 Å². The Morgan fingerprint density at radius 1 is 1.12 bits per heavy atom. The molecule has 0 saturated heterocycles. The Hall–Kier alpha value is -3.62. The van der Waals surface area contributed by atoms with Crippen LogP contribution in [0, 0.1) is 10.1 Å². The summed E-state index contributed by atoms with van der Waals surface area (Å²) in [5.74, 6) is -0.280. The molecule has 1 N–H and O–H groups in total. The van der Waals surface area contributed by atoms with E-state index in [2.05, 4.69) is 5.32 Å². The van der Waals surface area contributed by atoms with E-state index < -0.39 is 23.4 Å². The van der Waals surface area contributed by atoms with Crippen LogP contribution in [-0.2, 0) is 9.53 Å². The van der Waals surface area contributed by atoms with Crippen LogP contribution in [-0.4, -0.2) is 30.2 Å². The van der Waals surface area contributed by atoms with Crippen molar-refractivity contribution in [3.8, 4) is 11.5 Å². The molecule has 3 rings (SSSR count). The first-order valence-corrected chi connectivity index (χ1v) is 7.14. The second-order valence-corrected chi connectivity index (χ2v) is 5.00. The van der Waals surface area contributed by atoms with Crippen molar-refractivity contribution in [1.82, 2.24) is 0 Å². The summed E-state index contributed by atoms with van der Waals surface area (Å²) >= 11 is 0. The Labute approximate surface area is 141 Å². The molecular weight excluding hydrogens is 332 g/mol. The van der Waals surface area contributed by atoms with E-state index in [1.807, 2.05) is 0 Å². The van der Waals surface area contributed by atoms with Gasteiger partial charge in [-0.3, -0.25) is 14.9 Å². The average Bonchev–Trinajstić information content (AvgIpc) is 3.07. The van der Waals surface area contributed by atoms with E-state index in [1.165, 1.54) is 36.4 Å². The minimum absolute atomic E-state index is 0.0888. The molecule has 9 nitrogen and oxygen atoms in total. The molecule has 0 saturated carbocycles. The maximum atomic E-state index is 11.9. The van der Waals surface area contributed by atoms with Crippen LogP contribution in [0.2, 0.25) is 0 Å². The smallest absolute Gasteiger partial charge is 0.338 e. The molecule has 9 heteroatoms. The number of nitro benzene ring substituents is 1. The molecule has 0 unspecified atom stereocenters. The van der Waals surface area contributed by atoms with Crippen LogP contribution in [0.1, 0.15) is 10.4 Å². The second kappa shape index (κ2) is 6.87. The molecule has 128 valence electrons. The first kappa shape index (κ1) is 16.2. The van der Waals surface area contributed by atoms with E-state index in [0.29, 0.717) is 17.2 Å². The van der Waals surface area contributed by atoms with Gasteiger partial charge in [0.1, 0.15) is 0 Å². The molecule has 0 aliphatic carbocycles. The summed E-state index contributed by atoms with van der Waals surface area (Å²) in [7, 11) is 0. The SMILES string of the molecule is O=C(COC(=O)c1ccc2c(c1)OCO2)Nc1ccc([N+](=O)[O-])cc1. The quantitative estimate of drug-likeness (QED) is 0.501. The number of ether oxygens (including phenoxy) is 3. The molecule has 2 aromatic rings. The third-order valence-electron chi connectivity index (χ3n) is 3.30. The lowest BCUT2D eigenvalue weighted by Crippen LogP contribution is -2.20. The molecule has 0 bridgehead atoms. The number of anilines is 1. The predicted molar refractivity (Wildman–Crippen MR) is 84.6 cm³/mol. The number of nitro groups is 1. The largest absolute Gasteiger partial charge is 0.454 e. The van der Waals surface area contributed by atoms with Crippen molar-refractivity contribution in [2.75, 3.05) is 18.7 Å². The number of non-ortho nitro benzene ring substituents is 1. The van der Waals surface area contributed by atoms with Crippen molar-refractivity contribution in [3.05, 3.63) is 58.1 Å². The van der Waals surface area contributed by atoms with Crippen molar-refractivity contribution in [2.45, 2.75) is 0 Å². The van der Waals surface area contributed by atoms with Gasteiger partial charge in [-0.25, -0.2) is 4.79 Å². The number of carbonyl (C=O) groups is 2. The zero-order chi connectivity index (χ0) is 17.8. The summed E-state index contributed by atoms with van der Waals surface area (Å²) in [6, 6.07) is 9.84. The zero-order valence-corrected chi connectivity index (χ0v) is 12.8. The third-order valence-corrected chi connectivity index (χ3v) is 3.30. The zero-order valence-electron chi connectivity index (χ0n) is 12.8. The van der Waals surface area contributed by atoms with Crippen molar-refractivity contribution in [1.29, 1.82) is 0 Å². The van der Waals surface area contributed by atoms with E-state index in [0.717, 1.165) is 0 Å². The Kier molecular flexibility index (Phi) is 4.46. The molecule has 1 aliphatic heterocycles.